The Hall–Kier alpha value is -1.91. The van der Waals surface area contributed by atoms with E-state index in [0.717, 1.165) is 43.1 Å². The first-order valence-corrected chi connectivity index (χ1v) is 7.93. The molecule has 0 spiro atoms. The lowest BCUT2D eigenvalue weighted by atomic mass is 10.1. The molecule has 0 aromatic carbocycles. The minimum absolute atomic E-state index is 0.797. The first-order valence-electron chi connectivity index (χ1n) is 7.93. The van der Waals surface area contributed by atoms with Crippen LogP contribution in [0, 0.1) is 0 Å². The summed E-state index contributed by atoms with van der Waals surface area (Å²) in [4.78, 5) is 9.60. The van der Waals surface area contributed by atoms with Gasteiger partial charge in [-0.1, -0.05) is 13.3 Å². The van der Waals surface area contributed by atoms with Crippen LogP contribution in [0.1, 0.15) is 43.9 Å². The van der Waals surface area contributed by atoms with E-state index in [1.807, 2.05) is 24.0 Å². The molecule has 0 radical (unpaired) electrons. The van der Waals surface area contributed by atoms with Crippen molar-refractivity contribution in [2.24, 2.45) is 0 Å². The number of fused-ring (bicyclic) bond motifs is 1. The molecule has 1 aliphatic carbocycles. The van der Waals surface area contributed by atoms with E-state index in [1.54, 1.807) is 0 Å². The van der Waals surface area contributed by atoms with Crippen molar-refractivity contribution < 1.29 is 0 Å². The van der Waals surface area contributed by atoms with E-state index in [4.69, 9.17) is 9.97 Å². The number of hydrogen-bond donors (Lipinski definition) is 1. The van der Waals surface area contributed by atoms with Gasteiger partial charge in [0, 0.05) is 31.0 Å². The highest BCUT2D eigenvalue weighted by Gasteiger charge is 2.18. The van der Waals surface area contributed by atoms with E-state index in [2.05, 4.69) is 17.3 Å². The van der Waals surface area contributed by atoms with Gasteiger partial charge in [-0.15, -0.1) is 0 Å². The molecule has 0 atom stereocenters. The second kappa shape index (κ2) is 6.24. The van der Waals surface area contributed by atoms with E-state index in [-0.39, 0.29) is 0 Å². The lowest BCUT2D eigenvalue weighted by Crippen LogP contribution is -2.09. The van der Waals surface area contributed by atoms with E-state index < -0.39 is 0 Å². The quantitative estimate of drug-likeness (QED) is 0.877. The van der Waals surface area contributed by atoms with Crippen LogP contribution in [0.5, 0.6) is 0 Å². The van der Waals surface area contributed by atoms with Crippen LogP contribution < -0.4 is 5.32 Å². The predicted molar refractivity (Wildman–Crippen MR) is 84.3 cm³/mol. The number of nitrogens with zero attached hydrogens (tertiary/aromatic N) is 4. The minimum atomic E-state index is 0.797. The molecule has 1 aliphatic rings. The Balaban J connectivity index is 2.07. The summed E-state index contributed by atoms with van der Waals surface area (Å²) in [6, 6.07) is 2.01. The number of aromatic nitrogens is 4. The first-order chi connectivity index (χ1) is 10.3. The van der Waals surface area contributed by atoms with Crippen molar-refractivity contribution in [2.75, 3.05) is 12.4 Å². The lowest BCUT2D eigenvalue weighted by molar-refractivity contribution is 0.606. The topological polar surface area (TPSA) is 55.6 Å². The zero-order valence-electron chi connectivity index (χ0n) is 12.9. The molecule has 2 aromatic rings. The van der Waals surface area contributed by atoms with Crippen molar-refractivity contribution in [3.63, 3.8) is 0 Å². The summed E-state index contributed by atoms with van der Waals surface area (Å²) < 4.78 is 2.00. The van der Waals surface area contributed by atoms with Gasteiger partial charge in [0.2, 0.25) is 0 Å². The maximum atomic E-state index is 4.86. The molecule has 2 aromatic heterocycles. The van der Waals surface area contributed by atoms with Crippen LogP contribution in [-0.4, -0.2) is 26.8 Å². The molecule has 0 amide bonds. The highest BCUT2D eigenvalue weighted by Crippen LogP contribution is 2.27. The van der Waals surface area contributed by atoms with Crippen LogP contribution in [0.25, 0.3) is 11.5 Å². The summed E-state index contributed by atoms with van der Waals surface area (Å²) in [6.07, 6.45) is 8.76. The first kappa shape index (κ1) is 14.0. The van der Waals surface area contributed by atoms with Crippen molar-refractivity contribution in [1.29, 1.82) is 0 Å². The maximum Gasteiger partial charge on any atom is 0.180 e. The van der Waals surface area contributed by atoms with Gasteiger partial charge in [0.1, 0.15) is 11.5 Å². The predicted octanol–water partition coefficient (Wildman–Crippen LogP) is 3.06. The van der Waals surface area contributed by atoms with Crippen LogP contribution >= 0.6 is 0 Å². The summed E-state index contributed by atoms with van der Waals surface area (Å²) in [5.41, 5.74) is 3.53. The monoisotopic (exact) mass is 285 g/mol. The van der Waals surface area contributed by atoms with Gasteiger partial charge in [0.15, 0.2) is 5.82 Å². The molecule has 0 saturated heterocycles. The Labute approximate surface area is 125 Å². The highest BCUT2D eigenvalue weighted by atomic mass is 15.3. The molecule has 0 unspecified atom stereocenters. The normalized spacial score (nSPS) is 14.6. The second-order valence-electron chi connectivity index (χ2n) is 5.57. The average Bonchev–Trinajstić information content (AvgIpc) is 2.83. The lowest BCUT2D eigenvalue weighted by Gasteiger charge is -2.13. The molecule has 2 heterocycles. The second-order valence-corrected chi connectivity index (χ2v) is 5.57. The van der Waals surface area contributed by atoms with Crippen LogP contribution in [0.2, 0.25) is 0 Å². The smallest absolute Gasteiger partial charge is 0.180 e. The van der Waals surface area contributed by atoms with Gasteiger partial charge in [-0.2, -0.15) is 5.10 Å². The van der Waals surface area contributed by atoms with Gasteiger partial charge in [0.05, 0.1) is 0 Å². The summed E-state index contributed by atoms with van der Waals surface area (Å²) in [5.74, 6) is 1.78. The van der Waals surface area contributed by atoms with Crippen molar-refractivity contribution in [3.05, 3.63) is 23.5 Å². The molecule has 0 fully saturated rings. The molecule has 112 valence electrons. The van der Waals surface area contributed by atoms with Crippen molar-refractivity contribution in [1.82, 2.24) is 19.7 Å². The summed E-state index contributed by atoms with van der Waals surface area (Å²) >= 11 is 0. The van der Waals surface area contributed by atoms with E-state index in [0.29, 0.717) is 0 Å². The van der Waals surface area contributed by atoms with Crippen molar-refractivity contribution in [2.45, 2.75) is 52.0 Å². The Kier molecular flexibility index (Phi) is 4.18. The van der Waals surface area contributed by atoms with E-state index >= 15 is 0 Å². The zero-order valence-corrected chi connectivity index (χ0v) is 12.9. The summed E-state index contributed by atoms with van der Waals surface area (Å²) in [6.45, 7) is 3.06. The Morgan fingerprint density at radius 3 is 2.86 bits per heavy atom. The fourth-order valence-corrected chi connectivity index (χ4v) is 3.00. The Bertz CT molecular complexity index is 617. The molecular formula is C16H23N5. The third-order valence-corrected chi connectivity index (χ3v) is 4.05. The third kappa shape index (κ3) is 2.77. The van der Waals surface area contributed by atoms with Gasteiger partial charge < -0.3 is 5.32 Å². The molecule has 5 heteroatoms. The third-order valence-electron chi connectivity index (χ3n) is 4.05. The standard InChI is InChI=1S/C16H23N5/c1-3-11-21-14(9-10-18-21)16-19-13-8-6-4-5-7-12(13)15(17-2)20-16/h9-10H,3-8,11H2,1-2H3,(H,17,19,20). The number of hydrogen-bond acceptors (Lipinski definition) is 4. The SMILES string of the molecule is CCCn1nccc1-c1nc2c(c(NC)n1)CCCCC2. The molecule has 3 rings (SSSR count). The number of aryl methyl sites for hydroxylation is 2. The van der Waals surface area contributed by atoms with Crippen LogP contribution in [0.3, 0.4) is 0 Å². The van der Waals surface area contributed by atoms with Gasteiger partial charge in [-0.25, -0.2) is 9.97 Å². The van der Waals surface area contributed by atoms with Crippen molar-refractivity contribution in [3.8, 4) is 11.5 Å². The van der Waals surface area contributed by atoms with Crippen LogP contribution in [0.15, 0.2) is 12.3 Å². The van der Waals surface area contributed by atoms with Crippen LogP contribution in [0.4, 0.5) is 5.82 Å². The summed E-state index contributed by atoms with van der Waals surface area (Å²) in [5, 5.41) is 7.64. The highest BCUT2D eigenvalue weighted by molar-refractivity contribution is 5.57. The minimum Gasteiger partial charge on any atom is -0.373 e. The number of nitrogens with one attached hydrogen (secondary N) is 1. The Morgan fingerprint density at radius 2 is 2.05 bits per heavy atom. The van der Waals surface area contributed by atoms with Gasteiger partial charge >= 0.3 is 0 Å². The average molecular weight is 285 g/mol. The number of anilines is 1. The molecule has 0 saturated carbocycles. The molecule has 0 bridgehead atoms. The molecular weight excluding hydrogens is 262 g/mol. The summed E-state index contributed by atoms with van der Waals surface area (Å²) in [7, 11) is 1.95. The van der Waals surface area contributed by atoms with Gasteiger partial charge in [0.25, 0.3) is 0 Å². The van der Waals surface area contributed by atoms with E-state index in [9.17, 15) is 0 Å². The molecule has 5 nitrogen and oxygen atoms in total. The van der Waals surface area contributed by atoms with Gasteiger partial charge in [-0.05, 0) is 38.2 Å². The fraction of sp³-hybridized carbons (Fsp3) is 0.562. The fourth-order valence-electron chi connectivity index (χ4n) is 3.00. The van der Waals surface area contributed by atoms with E-state index in [1.165, 1.54) is 30.5 Å². The van der Waals surface area contributed by atoms with Crippen LogP contribution in [-0.2, 0) is 19.4 Å². The molecule has 21 heavy (non-hydrogen) atoms. The maximum absolute atomic E-state index is 4.86. The largest absolute Gasteiger partial charge is 0.373 e. The van der Waals surface area contributed by atoms with Gasteiger partial charge in [-0.3, -0.25) is 4.68 Å². The Morgan fingerprint density at radius 1 is 1.19 bits per heavy atom. The zero-order chi connectivity index (χ0) is 14.7. The van der Waals surface area contributed by atoms with Crippen molar-refractivity contribution >= 4 is 5.82 Å². The molecule has 1 N–H and O–H groups in total. The molecule has 0 aliphatic heterocycles. The number of rotatable bonds is 4.